The van der Waals surface area contributed by atoms with Crippen LogP contribution < -0.4 is 0 Å². The van der Waals surface area contributed by atoms with Crippen molar-refractivity contribution in [2.45, 2.75) is 46.5 Å². The standard InChI is InChI=1S/C17H27NO/c1-4-7-13-18(6-3)14-17(19)16-11-9-15(8-5-2)10-12-16/h9-12H,4-8,13-14H2,1-3H3. The molecular weight excluding hydrogens is 234 g/mol. The molecule has 0 radical (unpaired) electrons. The van der Waals surface area contributed by atoms with Crippen LogP contribution >= 0.6 is 0 Å². The number of carbonyl (C=O) groups excluding carboxylic acids is 1. The van der Waals surface area contributed by atoms with Crippen LogP contribution in [0, 0.1) is 0 Å². The topological polar surface area (TPSA) is 20.3 Å². The molecule has 0 fully saturated rings. The molecule has 0 amide bonds. The molecule has 2 nitrogen and oxygen atoms in total. The summed E-state index contributed by atoms with van der Waals surface area (Å²) in [6.45, 7) is 8.98. The van der Waals surface area contributed by atoms with Crippen molar-refractivity contribution in [1.82, 2.24) is 4.90 Å². The van der Waals surface area contributed by atoms with Crippen molar-refractivity contribution in [3.05, 3.63) is 35.4 Å². The van der Waals surface area contributed by atoms with E-state index in [1.165, 1.54) is 12.0 Å². The molecule has 0 bridgehead atoms. The average molecular weight is 261 g/mol. The zero-order valence-corrected chi connectivity index (χ0v) is 12.6. The van der Waals surface area contributed by atoms with Crippen LogP contribution in [0.4, 0.5) is 0 Å². The number of nitrogens with zero attached hydrogens (tertiary/aromatic N) is 1. The zero-order valence-electron chi connectivity index (χ0n) is 12.6. The van der Waals surface area contributed by atoms with Gasteiger partial charge < -0.3 is 0 Å². The van der Waals surface area contributed by atoms with Crippen LogP contribution in [0.1, 0.15) is 56.0 Å². The highest BCUT2D eigenvalue weighted by molar-refractivity contribution is 5.97. The third kappa shape index (κ3) is 5.56. The Kier molecular flexibility index (Phi) is 7.42. The molecule has 0 aliphatic rings. The van der Waals surface area contributed by atoms with Gasteiger partial charge in [0.25, 0.3) is 0 Å². The Labute approximate surface area is 117 Å². The first-order chi connectivity index (χ1) is 9.21. The Hall–Kier alpha value is -1.15. The van der Waals surface area contributed by atoms with E-state index in [4.69, 9.17) is 0 Å². The van der Waals surface area contributed by atoms with Gasteiger partial charge in [-0.3, -0.25) is 9.69 Å². The molecule has 0 aliphatic carbocycles. The molecule has 1 rings (SSSR count). The molecule has 0 saturated heterocycles. The van der Waals surface area contributed by atoms with E-state index in [1.807, 2.05) is 12.1 Å². The SMILES string of the molecule is CCCCN(CC)CC(=O)c1ccc(CCC)cc1. The van der Waals surface area contributed by atoms with Gasteiger partial charge in [-0.25, -0.2) is 0 Å². The van der Waals surface area contributed by atoms with Gasteiger partial charge in [-0.05, 0) is 31.5 Å². The number of likely N-dealkylation sites (N-methyl/N-ethyl adjacent to an activating group) is 1. The summed E-state index contributed by atoms with van der Waals surface area (Å²) in [4.78, 5) is 14.4. The van der Waals surface area contributed by atoms with Crippen LogP contribution in [0.2, 0.25) is 0 Å². The van der Waals surface area contributed by atoms with Gasteiger partial charge in [0.15, 0.2) is 5.78 Å². The van der Waals surface area contributed by atoms with Gasteiger partial charge >= 0.3 is 0 Å². The van der Waals surface area contributed by atoms with E-state index in [0.29, 0.717) is 6.54 Å². The summed E-state index contributed by atoms with van der Waals surface area (Å²) in [7, 11) is 0. The summed E-state index contributed by atoms with van der Waals surface area (Å²) in [6.07, 6.45) is 4.58. The van der Waals surface area contributed by atoms with Crippen LogP contribution in [-0.4, -0.2) is 30.3 Å². The van der Waals surface area contributed by atoms with Crippen molar-refractivity contribution in [3.8, 4) is 0 Å². The molecule has 0 saturated carbocycles. The van der Waals surface area contributed by atoms with Gasteiger partial charge in [-0.2, -0.15) is 0 Å². The van der Waals surface area contributed by atoms with E-state index in [2.05, 4.69) is 37.8 Å². The number of hydrogen-bond acceptors (Lipinski definition) is 2. The highest BCUT2D eigenvalue weighted by Crippen LogP contribution is 2.08. The third-order valence-corrected chi connectivity index (χ3v) is 3.46. The van der Waals surface area contributed by atoms with Gasteiger partial charge in [0.1, 0.15) is 0 Å². The smallest absolute Gasteiger partial charge is 0.176 e. The third-order valence-electron chi connectivity index (χ3n) is 3.46. The molecule has 0 aromatic heterocycles. The molecule has 19 heavy (non-hydrogen) atoms. The maximum Gasteiger partial charge on any atom is 0.176 e. The van der Waals surface area contributed by atoms with Crippen LogP contribution in [0.15, 0.2) is 24.3 Å². The van der Waals surface area contributed by atoms with Crippen molar-refractivity contribution in [1.29, 1.82) is 0 Å². The number of carbonyl (C=O) groups is 1. The van der Waals surface area contributed by atoms with Crippen LogP contribution in [0.5, 0.6) is 0 Å². The van der Waals surface area contributed by atoms with E-state index in [1.54, 1.807) is 0 Å². The van der Waals surface area contributed by atoms with Crippen molar-refractivity contribution in [2.75, 3.05) is 19.6 Å². The van der Waals surface area contributed by atoms with Gasteiger partial charge in [-0.1, -0.05) is 57.9 Å². The van der Waals surface area contributed by atoms with E-state index in [9.17, 15) is 4.79 Å². The molecule has 2 heteroatoms. The van der Waals surface area contributed by atoms with Gasteiger partial charge in [0.2, 0.25) is 0 Å². The number of ketones is 1. The summed E-state index contributed by atoms with van der Waals surface area (Å²) in [5.74, 6) is 0.237. The van der Waals surface area contributed by atoms with Gasteiger partial charge in [0, 0.05) is 5.56 Å². The predicted molar refractivity (Wildman–Crippen MR) is 81.8 cm³/mol. The molecular formula is C17H27NO. The summed E-state index contributed by atoms with van der Waals surface area (Å²) in [5.41, 5.74) is 2.16. The first-order valence-electron chi connectivity index (χ1n) is 7.55. The molecule has 1 aromatic carbocycles. The van der Waals surface area contributed by atoms with Crippen molar-refractivity contribution >= 4 is 5.78 Å². The minimum absolute atomic E-state index is 0.237. The Balaban J connectivity index is 2.56. The monoisotopic (exact) mass is 261 g/mol. The summed E-state index contributed by atoms with van der Waals surface area (Å²) in [5, 5.41) is 0. The van der Waals surface area contributed by atoms with E-state index >= 15 is 0 Å². The number of Topliss-reactive ketones (excluding diaryl/α,β-unsaturated/α-hetero) is 1. The normalized spacial score (nSPS) is 10.9. The molecule has 0 spiro atoms. The molecule has 0 unspecified atom stereocenters. The number of benzene rings is 1. The Morgan fingerprint density at radius 3 is 2.26 bits per heavy atom. The minimum atomic E-state index is 0.237. The fourth-order valence-corrected chi connectivity index (χ4v) is 2.17. The zero-order chi connectivity index (χ0) is 14.1. The lowest BCUT2D eigenvalue weighted by Gasteiger charge is -2.19. The second-order valence-corrected chi connectivity index (χ2v) is 5.09. The van der Waals surface area contributed by atoms with Crippen LogP contribution in [-0.2, 0) is 6.42 Å². The number of rotatable bonds is 9. The van der Waals surface area contributed by atoms with Crippen molar-refractivity contribution < 1.29 is 4.79 Å². The first-order valence-corrected chi connectivity index (χ1v) is 7.55. The lowest BCUT2D eigenvalue weighted by atomic mass is 10.1. The Bertz CT molecular complexity index is 369. The fraction of sp³-hybridized carbons (Fsp3) is 0.588. The van der Waals surface area contributed by atoms with Crippen molar-refractivity contribution in [3.63, 3.8) is 0 Å². The number of unbranched alkanes of at least 4 members (excludes halogenated alkanes) is 1. The molecule has 106 valence electrons. The maximum atomic E-state index is 12.2. The van der Waals surface area contributed by atoms with Crippen molar-refractivity contribution in [2.24, 2.45) is 0 Å². The lowest BCUT2D eigenvalue weighted by Crippen LogP contribution is -2.30. The molecule has 1 aromatic rings. The predicted octanol–water partition coefficient (Wildman–Crippen LogP) is 3.94. The van der Waals surface area contributed by atoms with Crippen LogP contribution in [0.25, 0.3) is 0 Å². The Morgan fingerprint density at radius 2 is 1.74 bits per heavy atom. The average Bonchev–Trinajstić information content (AvgIpc) is 2.44. The molecule has 0 atom stereocenters. The summed E-state index contributed by atoms with van der Waals surface area (Å²) < 4.78 is 0. The first kappa shape index (κ1) is 15.9. The molecule has 0 heterocycles. The molecule has 0 aliphatic heterocycles. The van der Waals surface area contributed by atoms with E-state index < -0.39 is 0 Å². The quantitative estimate of drug-likeness (QED) is 0.627. The number of aryl methyl sites for hydroxylation is 1. The van der Waals surface area contributed by atoms with Crippen LogP contribution in [0.3, 0.4) is 0 Å². The minimum Gasteiger partial charge on any atom is -0.296 e. The second-order valence-electron chi connectivity index (χ2n) is 5.09. The lowest BCUT2D eigenvalue weighted by molar-refractivity contribution is 0.0933. The Morgan fingerprint density at radius 1 is 1.05 bits per heavy atom. The summed E-state index contributed by atoms with van der Waals surface area (Å²) >= 11 is 0. The largest absolute Gasteiger partial charge is 0.296 e. The van der Waals surface area contributed by atoms with E-state index in [0.717, 1.165) is 37.9 Å². The summed E-state index contributed by atoms with van der Waals surface area (Å²) in [6, 6.07) is 8.11. The highest BCUT2D eigenvalue weighted by Gasteiger charge is 2.10. The second kappa shape index (κ2) is 8.87. The maximum absolute atomic E-state index is 12.2. The van der Waals surface area contributed by atoms with Gasteiger partial charge in [-0.15, -0.1) is 0 Å². The molecule has 0 N–H and O–H groups in total. The fourth-order valence-electron chi connectivity index (χ4n) is 2.17. The van der Waals surface area contributed by atoms with E-state index in [-0.39, 0.29) is 5.78 Å². The number of hydrogen-bond donors (Lipinski definition) is 0. The highest BCUT2D eigenvalue weighted by atomic mass is 16.1. The van der Waals surface area contributed by atoms with Gasteiger partial charge in [0.05, 0.1) is 6.54 Å².